The molecule has 0 bridgehead atoms. The molecule has 0 aliphatic carbocycles. The second-order valence-corrected chi connectivity index (χ2v) is 4.18. The number of carbonyl (C=O) groups excluding carboxylic acids is 2. The van der Waals surface area contributed by atoms with E-state index in [-0.39, 0.29) is 12.3 Å². The summed E-state index contributed by atoms with van der Waals surface area (Å²) in [5, 5.41) is 0.617. The first-order valence-corrected chi connectivity index (χ1v) is 6.70. The van der Waals surface area contributed by atoms with Crippen LogP contribution in [-0.4, -0.2) is 34.6 Å². The molecule has 0 amide bonds. The quantitative estimate of drug-likeness (QED) is 0.364. The van der Waals surface area contributed by atoms with Gasteiger partial charge < -0.3 is 9.72 Å². The normalized spacial score (nSPS) is 10.3. The largest absolute Gasteiger partial charge is 0.460 e. The molecule has 0 fully saturated rings. The van der Waals surface area contributed by atoms with E-state index in [2.05, 4.69) is 14.7 Å². The summed E-state index contributed by atoms with van der Waals surface area (Å²) < 4.78 is 4.68. The van der Waals surface area contributed by atoms with Crippen LogP contribution in [-0.2, 0) is 16.0 Å². The summed E-state index contributed by atoms with van der Waals surface area (Å²) in [5.41, 5.74) is 0.166. The van der Waals surface area contributed by atoms with E-state index in [1.54, 1.807) is 6.92 Å². The number of Topliss-reactive ketones (excluding diaryl/α,β-unsaturated/α-hetero) is 1. The lowest BCUT2D eigenvalue weighted by atomic mass is 10.3. The van der Waals surface area contributed by atoms with Crippen LogP contribution in [0.15, 0.2) is 5.03 Å². The minimum Gasteiger partial charge on any atom is -0.460 e. The van der Waals surface area contributed by atoms with E-state index < -0.39 is 11.8 Å². The maximum absolute atomic E-state index is 11.8. The Morgan fingerprint density at radius 2 is 2.12 bits per heavy atom. The van der Waals surface area contributed by atoms with Gasteiger partial charge in [0.25, 0.3) is 5.78 Å². The van der Waals surface area contributed by atoms with Gasteiger partial charge in [0.05, 0.1) is 6.61 Å². The van der Waals surface area contributed by atoms with Gasteiger partial charge in [-0.3, -0.25) is 4.79 Å². The highest BCUT2D eigenvalue weighted by Gasteiger charge is 2.24. The molecule has 0 saturated carbocycles. The summed E-state index contributed by atoms with van der Waals surface area (Å²) >= 11 is 1.36. The average molecular weight is 256 g/mol. The second-order valence-electron chi connectivity index (χ2n) is 3.36. The van der Waals surface area contributed by atoms with Gasteiger partial charge in [-0.1, -0.05) is 6.92 Å². The lowest BCUT2D eigenvalue weighted by Gasteiger charge is -1.99. The number of aromatic nitrogens is 2. The molecule has 1 aromatic heterocycles. The standard InChI is InChI=1S/C11H16N2O3S/c1-4-6-7-12-8(10(13-7)17-3)9(14)11(15)16-5-2/h4-6H2,1-3H3,(H,12,13). The number of aromatic amines is 1. The van der Waals surface area contributed by atoms with E-state index in [1.807, 2.05) is 13.2 Å². The van der Waals surface area contributed by atoms with Crippen LogP contribution >= 0.6 is 11.8 Å². The minimum atomic E-state index is -0.850. The molecule has 6 heteroatoms. The summed E-state index contributed by atoms with van der Waals surface area (Å²) in [6.07, 6.45) is 3.50. The molecular formula is C11H16N2O3S. The van der Waals surface area contributed by atoms with Crippen LogP contribution in [0, 0.1) is 0 Å². The van der Waals surface area contributed by atoms with Gasteiger partial charge in [-0.2, -0.15) is 0 Å². The summed E-state index contributed by atoms with van der Waals surface area (Å²) in [6.45, 7) is 3.87. The molecule has 1 N–H and O–H groups in total. The molecule has 0 aliphatic rings. The van der Waals surface area contributed by atoms with Gasteiger partial charge in [0, 0.05) is 6.42 Å². The number of rotatable bonds is 6. The zero-order valence-corrected chi connectivity index (χ0v) is 11.0. The van der Waals surface area contributed by atoms with Crippen molar-refractivity contribution in [1.82, 2.24) is 9.97 Å². The molecule has 0 saturated heterocycles. The van der Waals surface area contributed by atoms with Crippen molar-refractivity contribution in [2.75, 3.05) is 12.9 Å². The summed E-state index contributed by atoms with van der Waals surface area (Å²) in [5.74, 6) is -0.809. The molecule has 1 heterocycles. The third-order valence-corrected chi connectivity index (χ3v) is 2.79. The van der Waals surface area contributed by atoms with Crippen LogP contribution in [0.4, 0.5) is 0 Å². The molecule has 0 radical (unpaired) electrons. The Kier molecular flexibility index (Phi) is 5.21. The topological polar surface area (TPSA) is 72.1 Å². The second kappa shape index (κ2) is 6.44. The van der Waals surface area contributed by atoms with Crippen molar-refractivity contribution in [3.05, 3.63) is 11.5 Å². The maximum atomic E-state index is 11.8. The molecule has 5 nitrogen and oxygen atoms in total. The van der Waals surface area contributed by atoms with Crippen LogP contribution in [0.3, 0.4) is 0 Å². The molecule has 0 aromatic carbocycles. The number of thioether (sulfide) groups is 1. The zero-order valence-electron chi connectivity index (χ0n) is 10.2. The van der Waals surface area contributed by atoms with Crippen molar-refractivity contribution in [1.29, 1.82) is 0 Å². The number of ether oxygens (including phenoxy) is 1. The molecule has 94 valence electrons. The number of H-pyrrole nitrogens is 1. The van der Waals surface area contributed by atoms with Crippen LogP contribution in [0.25, 0.3) is 0 Å². The third kappa shape index (κ3) is 3.33. The number of hydrogen-bond acceptors (Lipinski definition) is 5. The number of aryl methyl sites for hydroxylation is 1. The van der Waals surface area contributed by atoms with Crippen molar-refractivity contribution in [2.24, 2.45) is 0 Å². The summed E-state index contributed by atoms with van der Waals surface area (Å²) in [6, 6.07) is 0. The highest BCUT2D eigenvalue weighted by Crippen LogP contribution is 2.19. The van der Waals surface area contributed by atoms with Crippen LogP contribution in [0.2, 0.25) is 0 Å². The monoisotopic (exact) mass is 256 g/mol. The Balaban J connectivity index is 2.95. The number of esters is 1. The molecule has 1 rings (SSSR count). The molecule has 0 spiro atoms. The fourth-order valence-electron chi connectivity index (χ4n) is 1.35. The molecule has 17 heavy (non-hydrogen) atoms. The zero-order chi connectivity index (χ0) is 12.8. The Morgan fingerprint density at radius 3 is 2.65 bits per heavy atom. The van der Waals surface area contributed by atoms with Crippen molar-refractivity contribution in [2.45, 2.75) is 31.7 Å². The lowest BCUT2D eigenvalue weighted by molar-refractivity contribution is -0.137. The first-order valence-electron chi connectivity index (χ1n) is 5.48. The Labute approximate surface area is 104 Å². The smallest absolute Gasteiger partial charge is 0.381 e. The van der Waals surface area contributed by atoms with E-state index in [0.717, 1.165) is 18.7 Å². The van der Waals surface area contributed by atoms with Crippen molar-refractivity contribution in [3.63, 3.8) is 0 Å². The number of nitrogens with one attached hydrogen (secondary N) is 1. The van der Waals surface area contributed by atoms with Crippen molar-refractivity contribution in [3.8, 4) is 0 Å². The number of hydrogen-bond donors (Lipinski definition) is 1. The van der Waals surface area contributed by atoms with Crippen LogP contribution in [0.1, 0.15) is 36.6 Å². The Hall–Kier alpha value is -1.30. The average Bonchev–Trinajstić information content (AvgIpc) is 2.72. The minimum absolute atomic E-state index is 0.166. The predicted octanol–water partition coefficient (Wildman–Crippen LogP) is 1.83. The summed E-state index contributed by atoms with van der Waals surface area (Å²) in [7, 11) is 0. The van der Waals surface area contributed by atoms with Crippen molar-refractivity contribution < 1.29 is 14.3 Å². The third-order valence-electron chi connectivity index (χ3n) is 2.09. The van der Waals surface area contributed by atoms with Gasteiger partial charge in [-0.15, -0.1) is 11.8 Å². The number of nitrogens with zero attached hydrogens (tertiary/aromatic N) is 1. The maximum Gasteiger partial charge on any atom is 0.381 e. The number of ketones is 1. The molecule has 1 aromatic rings. The number of carbonyl (C=O) groups is 2. The SMILES string of the molecule is CCCc1nc(C(=O)C(=O)OCC)c(SC)[nH]1. The van der Waals surface area contributed by atoms with Gasteiger partial charge >= 0.3 is 5.97 Å². The van der Waals surface area contributed by atoms with E-state index in [4.69, 9.17) is 0 Å². The first-order chi connectivity index (χ1) is 8.13. The molecule has 0 aliphatic heterocycles. The van der Waals surface area contributed by atoms with Crippen LogP contribution < -0.4 is 0 Å². The fraction of sp³-hybridized carbons (Fsp3) is 0.545. The first kappa shape index (κ1) is 13.8. The van der Waals surface area contributed by atoms with Gasteiger partial charge in [0.1, 0.15) is 10.9 Å². The highest BCUT2D eigenvalue weighted by atomic mass is 32.2. The Bertz CT molecular complexity index is 415. The van der Waals surface area contributed by atoms with E-state index >= 15 is 0 Å². The molecule has 0 atom stereocenters. The Morgan fingerprint density at radius 1 is 1.41 bits per heavy atom. The van der Waals surface area contributed by atoms with Gasteiger partial charge in [0.2, 0.25) is 0 Å². The highest BCUT2D eigenvalue weighted by molar-refractivity contribution is 7.98. The van der Waals surface area contributed by atoms with E-state index in [1.165, 1.54) is 11.8 Å². The summed E-state index contributed by atoms with van der Waals surface area (Å²) in [4.78, 5) is 30.3. The predicted molar refractivity (Wildman–Crippen MR) is 65.3 cm³/mol. The molecule has 0 unspecified atom stereocenters. The van der Waals surface area contributed by atoms with E-state index in [9.17, 15) is 9.59 Å². The van der Waals surface area contributed by atoms with Gasteiger partial charge in [-0.05, 0) is 19.6 Å². The number of imidazole rings is 1. The molecular weight excluding hydrogens is 240 g/mol. The van der Waals surface area contributed by atoms with Gasteiger partial charge in [-0.25, -0.2) is 9.78 Å². The lowest BCUT2D eigenvalue weighted by Crippen LogP contribution is -2.18. The van der Waals surface area contributed by atoms with Gasteiger partial charge in [0.15, 0.2) is 5.69 Å². The fourth-order valence-corrected chi connectivity index (χ4v) is 1.91. The van der Waals surface area contributed by atoms with Crippen LogP contribution in [0.5, 0.6) is 0 Å². The van der Waals surface area contributed by atoms with Crippen molar-refractivity contribution >= 4 is 23.5 Å². The van der Waals surface area contributed by atoms with E-state index in [0.29, 0.717) is 5.03 Å².